The van der Waals surface area contributed by atoms with E-state index in [0.717, 1.165) is 11.8 Å². The quantitative estimate of drug-likeness (QED) is 0.256. The maximum Gasteiger partial charge on any atom is 0.321 e. The highest BCUT2D eigenvalue weighted by atomic mass is 35.5. The number of carbonyl (C=O) groups is 2. The summed E-state index contributed by atoms with van der Waals surface area (Å²) in [5, 5.41) is 6.02. The summed E-state index contributed by atoms with van der Waals surface area (Å²) in [5.41, 5.74) is 0.210. The number of nitrogens with one attached hydrogen (secondary N) is 2. The number of hydrogen-bond donors (Lipinski definition) is 2. The lowest BCUT2D eigenvalue weighted by Crippen LogP contribution is -2.41. The molecule has 1 aromatic heterocycles. The smallest absolute Gasteiger partial charge is 0.321 e. The molecule has 0 spiro atoms. The molecule has 2 N–H and O–H groups in total. The number of rotatable bonds is 10. The van der Waals surface area contributed by atoms with E-state index in [4.69, 9.17) is 16.3 Å². The van der Waals surface area contributed by atoms with Crippen molar-refractivity contribution in [2.24, 2.45) is 0 Å². The molecule has 0 aliphatic carbocycles. The fraction of sp³-hybridized carbons (Fsp3) is 0.368. The number of thioether (sulfide) groups is 1. The fourth-order valence-electron chi connectivity index (χ4n) is 2.43. The number of urea groups is 1. The molecule has 1 heterocycles. The summed E-state index contributed by atoms with van der Waals surface area (Å²) in [6.07, 6.45) is 2.22. The van der Waals surface area contributed by atoms with Gasteiger partial charge in [0.05, 0.1) is 16.7 Å². The van der Waals surface area contributed by atoms with Crippen LogP contribution >= 0.6 is 23.4 Å². The molecule has 0 aliphatic heterocycles. The van der Waals surface area contributed by atoms with Gasteiger partial charge in [-0.3, -0.25) is 19.5 Å². The number of aromatic nitrogens is 2. The van der Waals surface area contributed by atoms with Crippen LogP contribution in [0.1, 0.15) is 13.3 Å². The molecule has 2 rings (SSSR count). The van der Waals surface area contributed by atoms with E-state index < -0.39 is 11.9 Å². The van der Waals surface area contributed by atoms with E-state index in [1.807, 2.05) is 6.92 Å². The Bertz CT molecular complexity index is 948. The van der Waals surface area contributed by atoms with Crippen LogP contribution in [-0.2, 0) is 16.1 Å². The van der Waals surface area contributed by atoms with Crippen molar-refractivity contribution in [3.8, 4) is 0 Å². The van der Waals surface area contributed by atoms with Gasteiger partial charge in [-0.15, -0.1) is 6.58 Å². The molecule has 0 saturated heterocycles. The van der Waals surface area contributed by atoms with Crippen LogP contribution in [0.2, 0.25) is 5.02 Å². The molecule has 3 amide bonds. The maximum absolute atomic E-state index is 12.7. The zero-order valence-electron chi connectivity index (χ0n) is 16.1. The largest absolute Gasteiger partial charge is 0.382 e. The van der Waals surface area contributed by atoms with E-state index in [-0.39, 0.29) is 17.9 Å². The topological polar surface area (TPSA) is 102 Å². The molecule has 0 saturated carbocycles. The van der Waals surface area contributed by atoms with E-state index in [1.165, 1.54) is 4.57 Å². The zero-order chi connectivity index (χ0) is 21.2. The first-order valence-electron chi connectivity index (χ1n) is 9.05. The van der Waals surface area contributed by atoms with Crippen molar-refractivity contribution in [1.82, 2.24) is 20.2 Å². The Morgan fingerprint density at radius 2 is 2.21 bits per heavy atom. The van der Waals surface area contributed by atoms with E-state index in [9.17, 15) is 14.4 Å². The van der Waals surface area contributed by atoms with Gasteiger partial charge in [0.25, 0.3) is 5.56 Å². The summed E-state index contributed by atoms with van der Waals surface area (Å²) < 4.78 is 6.58. The monoisotopic (exact) mass is 438 g/mol. The average Bonchev–Trinajstić information content (AvgIpc) is 2.69. The number of carbonyl (C=O) groups excluding carboxylic acids is 2. The van der Waals surface area contributed by atoms with Crippen LogP contribution in [0.4, 0.5) is 4.79 Å². The van der Waals surface area contributed by atoms with Gasteiger partial charge in [0, 0.05) is 31.3 Å². The van der Waals surface area contributed by atoms with E-state index in [2.05, 4.69) is 22.2 Å². The normalized spacial score (nSPS) is 10.7. The highest BCUT2D eigenvalue weighted by Gasteiger charge is 2.14. The lowest BCUT2D eigenvalue weighted by Gasteiger charge is -2.11. The van der Waals surface area contributed by atoms with Crippen molar-refractivity contribution in [3.05, 3.63) is 46.2 Å². The SMILES string of the molecule is C=CCn1c(SCC(=O)NC(=O)NCCCOCC)nc2ccc(Cl)cc2c1=O. The molecule has 8 nitrogen and oxygen atoms in total. The Morgan fingerprint density at radius 3 is 2.93 bits per heavy atom. The lowest BCUT2D eigenvalue weighted by molar-refractivity contribution is -0.117. The summed E-state index contributed by atoms with van der Waals surface area (Å²) in [6.45, 7) is 7.35. The number of fused-ring (bicyclic) bond motifs is 1. The van der Waals surface area contributed by atoms with Crippen molar-refractivity contribution in [1.29, 1.82) is 0 Å². The Kier molecular flexibility index (Phi) is 9.17. The molecule has 2 aromatic rings. The summed E-state index contributed by atoms with van der Waals surface area (Å²) in [7, 11) is 0. The first kappa shape index (κ1) is 22.9. The van der Waals surface area contributed by atoms with Gasteiger partial charge in [-0.25, -0.2) is 9.78 Å². The second-order valence-electron chi connectivity index (χ2n) is 5.90. The second kappa shape index (κ2) is 11.6. The van der Waals surface area contributed by atoms with Gasteiger partial charge in [-0.2, -0.15) is 0 Å². The number of nitrogens with zero attached hydrogens (tertiary/aromatic N) is 2. The lowest BCUT2D eigenvalue weighted by atomic mass is 10.2. The van der Waals surface area contributed by atoms with Crippen molar-refractivity contribution < 1.29 is 14.3 Å². The molecule has 0 aliphatic rings. The standard InChI is InChI=1S/C19H23ClN4O4S/c1-3-9-24-17(26)14-11-13(20)6-7-15(14)22-19(24)29-12-16(25)23-18(27)21-8-5-10-28-4-2/h3,6-7,11H,1,4-5,8-10,12H2,2H3,(H2,21,23,25,27). The van der Waals surface area contributed by atoms with Crippen LogP contribution in [0.25, 0.3) is 10.9 Å². The van der Waals surface area contributed by atoms with Gasteiger partial charge in [0.2, 0.25) is 5.91 Å². The predicted octanol–water partition coefficient (Wildman–Crippen LogP) is 2.58. The second-order valence-corrected chi connectivity index (χ2v) is 7.28. The Balaban J connectivity index is 2.00. The van der Waals surface area contributed by atoms with E-state index >= 15 is 0 Å². The van der Waals surface area contributed by atoms with Crippen molar-refractivity contribution in [2.45, 2.75) is 25.0 Å². The first-order valence-corrected chi connectivity index (χ1v) is 10.4. The number of hydrogen-bond acceptors (Lipinski definition) is 6. The van der Waals surface area contributed by atoms with Gasteiger partial charge in [-0.05, 0) is 31.5 Å². The third-order valence-corrected chi connectivity index (χ3v) is 4.94. The number of imide groups is 1. The van der Waals surface area contributed by atoms with Gasteiger partial charge in [-0.1, -0.05) is 29.4 Å². The molecule has 10 heteroatoms. The van der Waals surface area contributed by atoms with Crippen LogP contribution in [-0.4, -0.2) is 47.0 Å². The molecule has 156 valence electrons. The first-order chi connectivity index (χ1) is 14.0. The number of ether oxygens (including phenoxy) is 1. The highest BCUT2D eigenvalue weighted by molar-refractivity contribution is 7.99. The van der Waals surface area contributed by atoms with Crippen molar-refractivity contribution in [3.63, 3.8) is 0 Å². The maximum atomic E-state index is 12.7. The molecule has 1 aromatic carbocycles. The van der Waals surface area contributed by atoms with Gasteiger partial charge >= 0.3 is 6.03 Å². The minimum atomic E-state index is -0.573. The predicted molar refractivity (Wildman–Crippen MR) is 115 cm³/mol. The minimum Gasteiger partial charge on any atom is -0.382 e. The average molecular weight is 439 g/mol. The molecule has 29 heavy (non-hydrogen) atoms. The molecule has 0 fully saturated rings. The number of amides is 3. The third kappa shape index (κ3) is 6.88. The fourth-order valence-corrected chi connectivity index (χ4v) is 3.41. The Labute approximate surface area is 177 Å². The molecular weight excluding hydrogens is 416 g/mol. The zero-order valence-corrected chi connectivity index (χ0v) is 17.6. The van der Waals surface area contributed by atoms with Crippen LogP contribution in [0, 0.1) is 0 Å². The molecule has 0 unspecified atom stereocenters. The molecule has 0 bridgehead atoms. The molecule has 0 radical (unpaired) electrons. The summed E-state index contributed by atoms with van der Waals surface area (Å²) >= 11 is 7.04. The number of halogens is 1. The van der Waals surface area contributed by atoms with Gasteiger partial charge in [0.15, 0.2) is 5.16 Å². The Morgan fingerprint density at radius 1 is 1.41 bits per heavy atom. The summed E-state index contributed by atoms with van der Waals surface area (Å²) in [4.78, 5) is 41.0. The van der Waals surface area contributed by atoms with Gasteiger partial charge in [0.1, 0.15) is 0 Å². The molecule has 0 atom stereocenters. The highest BCUT2D eigenvalue weighted by Crippen LogP contribution is 2.20. The van der Waals surface area contributed by atoms with Crippen LogP contribution in [0.15, 0.2) is 40.8 Å². The van der Waals surface area contributed by atoms with E-state index in [0.29, 0.717) is 47.3 Å². The summed E-state index contributed by atoms with van der Waals surface area (Å²) in [5.74, 6) is -0.567. The van der Waals surface area contributed by atoms with Crippen molar-refractivity contribution >= 4 is 46.2 Å². The van der Waals surface area contributed by atoms with Crippen LogP contribution in [0.3, 0.4) is 0 Å². The third-order valence-electron chi connectivity index (χ3n) is 3.73. The van der Waals surface area contributed by atoms with Gasteiger partial charge < -0.3 is 10.1 Å². The Hall–Kier alpha value is -2.36. The number of benzene rings is 1. The summed E-state index contributed by atoms with van der Waals surface area (Å²) in [6, 6.07) is 4.28. The van der Waals surface area contributed by atoms with Crippen molar-refractivity contribution in [2.75, 3.05) is 25.5 Å². The van der Waals surface area contributed by atoms with Crippen LogP contribution < -0.4 is 16.2 Å². The van der Waals surface area contributed by atoms with E-state index in [1.54, 1.807) is 24.3 Å². The molecular formula is C19H23ClN4O4S. The number of allylic oxidation sites excluding steroid dienone is 1. The minimum absolute atomic E-state index is 0.0744. The van der Waals surface area contributed by atoms with Crippen LogP contribution in [0.5, 0.6) is 0 Å².